The molecule has 0 saturated carbocycles. The van der Waals surface area contributed by atoms with Crippen molar-refractivity contribution in [3.63, 3.8) is 0 Å². The third kappa shape index (κ3) is 4.52. The Balaban J connectivity index is 3.07. The molecule has 0 aliphatic heterocycles. The van der Waals surface area contributed by atoms with Crippen molar-refractivity contribution in [3.8, 4) is 0 Å². The fourth-order valence-corrected chi connectivity index (χ4v) is 2.25. The molecule has 2 nitrogen and oxygen atoms in total. The molecule has 0 amide bonds. The average Bonchev–Trinajstić information content (AvgIpc) is 2.36. The molecule has 18 heavy (non-hydrogen) atoms. The van der Waals surface area contributed by atoms with Crippen molar-refractivity contribution in [2.75, 3.05) is 24.8 Å². The fraction of sp³-hybridized carbons (Fsp3) is 0.308. The van der Waals surface area contributed by atoms with Crippen LogP contribution in [-0.2, 0) is 4.79 Å². The predicted molar refractivity (Wildman–Crippen MR) is 78.5 cm³/mol. The SMILES string of the molecule is O=C/C=C(/c1cccc(Cl)c1)N(CCCl)CCCl. The number of halogens is 3. The standard InChI is InChI=1S/C13H14Cl3NO/c14-5-7-17(8-6-15)13(4-9-18)11-2-1-3-12(16)10-11/h1-4,9-10H,5-8H2/b13-4-. The second-order valence-corrected chi connectivity index (χ2v) is 4.76. The van der Waals surface area contributed by atoms with E-state index in [-0.39, 0.29) is 0 Å². The first-order valence-electron chi connectivity index (χ1n) is 5.51. The van der Waals surface area contributed by atoms with Gasteiger partial charge in [0.1, 0.15) is 6.29 Å². The van der Waals surface area contributed by atoms with Gasteiger partial charge in [-0.1, -0.05) is 23.7 Å². The van der Waals surface area contributed by atoms with Gasteiger partial charge in [-0.15, -0.1) is 23.2 Å². The number of nitrogens with zero attached hydrogens (tertiary/aromatic N) is 1. The van der Waals surface area contributed by atoms with Gasteiger partial charge < -0.3 is 4.90 Å². The Labute approximate surface area is 122 Å². The van der Waals surface area contributed by atoms with E-state index in [0.717, 1.165) is 17.5 Å². The van der Waals surface area contributed by atoms with Gasteiger partial charge >= 0.3 is 0 Å². The van der Waals surface area contributed by atoms with Crippen molar-refractivity contribution < 1.29 is 4.79 Å². The van der Waals surface area contributed by atoms with Gasteiger partial charge in [0.25, 0.3) is 0 Å². The third-order valence-electron chi connectivity index (χ3n) is 2.40. The summed E-state index contributed by atoms with van der Waals surface area (Å²) in [7, 11) is 0. The highest BCUT2D eigenvalue weighted by Crippen LogP contribution is 2.22. The maximum atomic E-state index is 10.8. The summed E-state index contributed by atoms with van der Waals surface area (Å²) in [6.45, 7) is 1.25. The molecule has 0 unspecified atom stereocenters. The summed E-state index contributed by atoms with van der Waals surface area (Å²) in [5.74, 6) is 0.932. The number of aldehydes is 1. The van der Waals surface area contributed by atoms with Gasteiger partial charge in [0, 0.05) is 41.6 Å². The molecule has 0 fully saturated rings. The number of allylic oxidation sites excluding steroid dienone is 1. The molecule has 98 valence electrons. The molecule has 0 spiro atoms. The van der Waals surface area contributed by atoms with E-state index in [1.54, 1.807) is 6.07 Å². The van der Waals surface area contributed by atoms with Gasteiger partial charge in [-0.05, 0) is 17.7 Å². The van der Waals surface area contributed by atoms with E-state index in [0.29, 0.717) is 29.9 Å². The van der Waals surface area contributed by atoms with Crippen LogP contribution in [0.25, 0.3) is 5.70 Å². The Bertz CT molecular complexity index is 414. The van der Waals surface area contributed by atoms with E-state index < -0.39 is 0 Å². The highest BCUT2D eigenvalue weighted by atomic mass is 35.5. The smallest absolute Gasteiger partial charge is 0.144 e. The van der Waals surface area contributed by atoms with Crippen LogP contribution in [0.1, 0.15) is 5.56 Å². The van der Waals surface area contributed by atoms with Crippen molar-refractivity contribution in [3.05, 3.63) is 40.9 Å². The topological polar surface area (TPSA) is 20.3 Å². The Morgan fingerprint density at radius 2 is 1.89 bits per heavy atom. The van der Waals surface area contributed by atoms with Gasteiger partial charge in [-0.25, -0.2) is 0 Å². The summed E-state index contributed by atoms with van der Waals surface area (Å²) < 4.78 is 0. The van der Waals surface area contributed by atoms with Crippen LogP contribution in [-0.4, -0.2) is 36.0 Å². The molecule has 5 heteroatoms. The molecular formula is C13H14Cl3NO. The van der Waals surface area contributed by atoms with Crippen LogP contribution in [0, 0.1) is 0 Å². The van der Waals surface area contributed by atoms with Crippen molar-refractivity contribution in [2.24, 2.45) is 0 Å². The van der Waals surface area contributed by atoms with Crippen LogP contribution in [0.2, 0.25) is 5.02 Å². The lowest BCUT2D eigenvalue weighted by molar-refractivity contribution is -0.104. The van der Waals surface area contributed by atoms with Gasteiger partial charge in [0.05, 0.1) is 0 Å². The van der Waals surface area contributed by atoms with E-state index in [2.05, 4.69) is 0 Å². The molecule has 1 aromatic carbocycles. The van der Waals surface area contributed by atoms with E-state index in [4.69, 9.17) is 34.8 Å². The summed E-state index contributed by atoms with van der Waals surface area (Å²) in [6, 6.07) is 7.34. The lowest BCUT2D eigenvalue weighted by Crippen LogP contribution is -2.26. The van der Waals surface area contributed by atoms with Crippen LogP contribution in [0.5, 0.6) is 0 Å². The monoisotopic (exact) mass is 305 g/mol. The largest absolute Gasteiger partial charge is 0.369 e. The Morgan fingerprint density at radius 3 is 2.39 bits per heavy atom. The molecule has 0 saturated heterocycles. The Hall–Kier alpha value is -0.700. The second-order valence-electron chi connectivity index (χ2n) is 3.56. The summed E-state index contributed by atoms with van der Waals surface area (Å²) in [5, 5.41) is 0.626. The van der Waals surface area contributed by atoms with Crippen molar-refractivity contribution in [1.82, 2.24) is 4.90 Å². The summed E-state index contributed by atoms with van der Waals surface area (Å²) >= 11 is 17.5. The van der Waals surface area contributed by atoms with Crippen molar-refractivity contribution >= 4 is 46.8 Å². The van der Waals surface area contributed by atoms with Gasteiger partial charge in [-0.3, -0.25) is 4.79 Å². The fourth-order valence-electron chi connectivity index (χ4n) is 1.65. The van der Waals surface area contributed by atoms with E-state index in [9.17, 15) is 4.79 Å². The molecular weight excluding hydrogens is 293 g/mol. The molecule has 0 aliphatic carbocycles. The van der Waals surface area contributed by atoms with E-state index in [1.807, 2.05) is 23.1 Å². The number of carbonyl (C=O) groups excluding carboxylic acids is 1. The predicted octanol–water partition coefficient (Wildman–Crippen LogP) is 3.66. The van der Waals surface area contributed by atoms with Crippen LogP contribution in [0.3, 0.4) is 0 Å². The molecule has 1 rings (SSSR count). The Morgan fingerprint density at radius 1 is 1.22 bits per heavy atom. The quantitative estimate of drug-likeness (QED) is 0.435. The lowest BCUT2D eigenvalue weighted by Gasteiger charge is -2.26. The number of benzene rings is 1. The Kier molecular flexibility index (Phi) is 7.18. The van der Waals surface area contributed by atoms with E-state index in [1.165, 1.54) is 6.08 Å². The molecule has 1 aromatic rings. The average molecular weight is 307 g/mol. The molecule has 0 bridgehead atoms. The number of rotatable bonds is 7. The summed E-state index contributed by atoms with van der Waals surface area (Å²) in [5.41, 5.74) is 1.67. The number of hydrogen-bond acceptors (Lipinski definition) is 2. The van der Waals surface area contributed by atoms with Gasteiger partial charge in [0.2, 0.25) is 0 Å². The highest BCUT2D eigenvalue weighted by Gasteiger charge is 2.11. The van der Waals surface area contributed by atoms with Gasteiger partial charge in [-0.2, -0.15) is 0 Å². The van der Waals surface area contributed by atoms with Crippen LogP contribution >= 0.6 is 34.8 Å². The lowest BCUT2D eigenvalue weighted by atomic mass is 10.1. The zero-order chi connectivity index (χ0) is 13.4. The summed E-state index contributed by atoms with van der Waals surface area (Å²) in [4.78, 5) is 12.8. The van der Waals surface area contributed by atoms with Crippen molar-refractivity contribution in [2.45, 2.75) is 0 Å². The number of alkyl halides is 2. The first-order chi connectivity index (χ1) is 8.72. The minimum Gasteiger partial charge on any atom is -0.369 e. The zero-order valence-corrected chi connectivity index (χ0v) is 12.0. The second kappa shape index (κ2) is 8.41. The van der Waals surface area contributed by atoms with Crippen LogP contribution in [0.15, 0.2) is 30.3 Å². The maximum absolute atomic E-state index is 10.8. The third-order valence-corrected chi connectivity index (χ3v) is 2.97. The normalized spacial score (nSPS) is 11.4. The number of carbonyl (C=O) groups is 1. The van der Waals surface area contributed by atoms with Crippen LogP contribution < -0.4 is 0 Å². The molecule has 0 aliphatic rings. The molecule has 0 N–H and O–H groups in total. The maximum Gasteiger partial charge on any atom is 0.144 e. The molecule has 0 aromatic heterocycles. The highest BCUT2D eigenvalue weighted by molar-refractivity contribution is 6.30. The van der Waals surface area contributed by atoms with Crippen molar-refractivity contribution in [1.29, 1.82) is 0 Å². The molecule has 0 atom stereocenters. The van der Waals surface area contributed by atoms with Crippen LogP contribution in [0.4, 0.5) is 0 Å². The minimum atomic E-state index is 0.466. The van der Waals surface area contributed by atoms with Gasteiger partial charge in [0.15, 0.2) is 0 Å². The molecule has 0 radical (unpaired) electrons. The zero-order valence-electron chi connectivity index (χ0n) is 9.78. The molecule has 0 heterocycles. The van der Waals surface area contributed by atoms with E-state index >= 15 is 0 Å². The first-order valence-corrected chi connectivity index (χ1v) is 6.96. The minimum absolute atomic E-state index is 0.466. The summed E-state index contributed by atoms with van der Waals surface area (Å²) in [6.07, 6.45) is 2.26. The number of hydrogen-bond donors (Lipinski definition) is 0. The first kappa shape index (κ1) is 15.4.